The molecular weight excluding hydrogens is 409 g/mol. The summed E-state index contributed by atoms with van der Waals surface area (Å²) < 4.78 is 6.35. The summed E-state index contributed by atoms with van der Waals surface area (Å²) in [6.45, 7) is 8.96. The van der Waals surface area contributed by atoms with Crippen molar-refractivity contribution in [1.29, 1.82) is 0 Å². The molecule has 1 aliphatic carbocycles. The predicted octanol–water partition coefficient (Wildman–Crippen LogP) is 5.05. The molecule has 1 heterocycles. The van der Waals surface area contributed by atoms with Gasteiger partial charge in [0.2, 0.25) is 0 Å². The number of hydrogen-bond donors (Lipinski definition) is 0. The van der Waals surface area contributed by atoms with E-state index in [1.807, 2.05) is 0 Å². The SMILES string of the molecule is CCCc1c[c-]c2c(c1)OC(C)(C)C1CCC(C)=CC21.[Ho]. The van der Waals surface area contributed by atoms with Crippen molar-refractivity contribution >= 4 is 0 Å². The van der Waals surface area contributed by atoms with E-state index >= 15 is 0 Å². The van der Waals surface area contributed by atoms with E-state index in [4.69, 9.17) is 4.74 Å². The van der Waals surface area contributed by atoms with E-state index in [1.165, 1.54) is 36.0 Å². The number of ether oxygens (including phenoxy) is 1. The van der Waals surface area contributed by atoms with Gasteiger partial charge >= 0.3 is 0 Å². The minimum Gasteiger partial charge on any atom is -0.546 e. The van der Waals surface area contributed by atoms with E-state index in [1.54, 1.807) is 0 Å². The van der Waals surface area contributed by atoms with Gasteiger partial charge < -0.3 is 4.74 Å². The molecule has 1 aliphatic heterocycles. The third-order valence-electron chi connectivity index (χ3n) is 4.88. The van der Waals surface area contributed by atoms with Crippen LogP contribution < -0.4 is 4.74 Å². The molecule has 0 bridgehead atoms. The van der Waals surface area contributed by atoms with E-state index in [2.05, 4.69) is 52.0 Å². The molecule has 0 amide bonds. The Balaban J connectivity index is 0.00000161. The number of rotatable bonds is 2. The second-order valence-electron chi connectivity index (χ2n) is 6.93. The van der Waals surface area contributed by atoms with Crippen LogP contribution in [-0.4, -0.2) is 5.60 Å². The zero-order chi connectivity index (χ0) is 14.3. The molecule has 2 aliphatic rings. The molecule has 2 unspecified atom stereocenters. The van der Waals surface area contributed by atoms with Gasteiger partial charge in [-0.05, 0) is 39.5 Å². The molecule has 0 fully saturated rings. The Morgan fingerprint density at radius 3 is 2.86 bits per heavy atom. The third-order valence-corrected chi connectivity index (χ3v) is 4.88. The van der Waals surface area contributed by atoms with Crippen molar-refractivity contribution in [1.82, 2.24) is 0 Å². The van der Waals surface area contributed by atoms with Crippen LogP contribution in [0.4, 0.5) is 0 Å². The minimum absolute atomic E-state index is 0. The first-order valence-electron chi connectivity index (χ1n) is 7.92. The van der Waals surface area contributed by atoms with Gasteiger partial charge in [-0.2, -0.15) is 17.7 Å². The maximum Gasteiger partial charge on any atom is 0.0912 e. The zero-order valence-electron chi connectivity index (χ0n) is 13.4. The van der Waals surface area contributed by atoms with Crippen LogP contribution in [0.2, 0.25) is 0 Å². The number of fused-ring (bicyclic) bond motifs is 3. The Kier molecular flexibility index (Phi) is 5.50. The number of benzene rings is 1. The Hall–Kier alpha value is 0.0197. The molecule has 119 valence electrons. The maximum absolute atomic E-state index is 6.35. The monoisotopic (exact) mass is 434 g/mol. The van der Waals surface area contributed by atoms with Crippen LogP contribution in [0, 0.1) is 49.7 Å². The normalized spacial score (nSPS) is 25.8. The molecule has 0 aromatic heterocycles. The summed E-state index contributed by atoms with van der Waals surface area (Å²) in [6, 6.07) is 7.94. The van der Waals surface area contributed by atoms with Crippen molar-refractivity contribution in [3.05, 3.63) is 41.0 Å². The average molecular weight is 434 g/mol. The average Bonchev–Trinajstić information content (AvgIpc) is 2.37. The standard InChI is InChI=1S/C19H25O.Ho/c1-5-6-14-8-9-15-16-11-13(2)7-10-17(16)19(3,4)20-18(15)12-14;/h8,11-12,16-17H,5-7,10H2,1-4H3;/q-1;. The molecule has 0 N–H and O–H groups in total. The fraction of sp³-hybridized carbons (Fsp3) is 0.579. The second kappa shape index (κ2) is 6.64. The van der Waals surface area contributed by atoms with E-state index < -0.39 is 0 Å². The largest absolute Gasteiger partial charge is 0.546 e. The van der Waals surface area contributed by atoms with Crippen molar-refractivity contribution in [2.75, 3.05) is 0 Å². The fourth-order valence-electron chi connectivity index (χ4n) is 3.80. The van der Waals surface area contributed by atoms with Crippen molar-refractivity contribution in [2.24, 2.45) is 5.92 Å². The minimum atomic E-state index is -0.0758. The number of aryl methyl sites for hydroxylation is 1. The van der Waals surface area contributed by atoms with Gasteiger partial charge in [0.1, 0.15) is 0 Å². The van der Waals surface area contributed by atoms with Gasteiger partial charge in [0.05, 0.1) is 5.60 Å². The molecule has 0 saturated carbocycles. The summed E-state index contributed by atoms with van der Waals surface area (Å²) in [4.78, 5) is 0. The molecule has 1 aromatic rings. The second-order valence-corrected chi connectivity index (χ2v) is 6.93. The van der Waals surface area contributed by atoms with Crippen LogP contribution in [0.5, 0.6) is 5.75 Å². The Morgan fingerprint density at radius 1 is 1.38 bits per heavy atom. The molecule has 2 atom stereocenters. The summed E-state index contributed by atoms with van der Waals surface area (Å²) in [5.41, 5.74) is 4.05. The van der Waals surface area contributed by atoms with Gasteiger partial charge in [-0.25, -0.2) is 0 Å². The van der Waals surface area contributed by atoms with Crippen LogP contribution in [0.1, 0.15) is 64.0 Å². The van der Waals surface area contributed by atoms with Crippen LogP contribution in [0.25, 0.3) is 0 Å². The molecule has 1 radical (unpaired) electrons. The van der Waals surface area contributed by atoms with Crippen LogP contribution >= 0.6 is 0 Å². The topological polar surface area (TPSA) is 9.23 Å². The smallest absolute Gasteiger partial charge is 0.0912 e. The van der Waals surface area contributed by atoms with Gasteiger partial charge in [-0.15, -0.1) is 11.6 Å². The van der Waals surface area contributed by atoms with E-state index in [0.717, 1.165) is 12.2 Å². The van der Waals surface area contributed by atoms with Gasteiger partial charge in [-0.3, -0.25) is 0 Å². The van der Waals surface area contributed by atoms with Gasteiger partial charge in [0, 0.05) is 49.4 Å². The van der Waals surface area contributed by atoms with Crippen LogP contribution in [0.15, 0.2) is 23.8 Å². The third kappa shape index (κ3) is 3.35. The molecule has 2 heteroatoms. The van der Waals surface area contributed by atoms with Gasteiger partial charge in [0.15, 0.2) is 0 Å². The Labute approximate surface area is 159 Å². The zero-order valence-corrected chi connectivity index (χ0v) is 15.4. The van der Waals surface area contributed by atoms with Crippen molar-refractivity contribution in [3.63, 3.8) is 0 Å². The molecule has 0 saturated heterocycles. The predicted molar refractivity (Wildman–Crippen MR) is 83.2 cm³/mol. The molecule has 0 spiro atoms. The van der Waals surface area contributed by atoms with Crippen molar-refractivity contribution in [3.8, 4) is 5.75 Å². The first-order valence-corrected chi connectivity index (χ1v) is 7.92. The van der Waals surface area contributed by atoms with Gasteiger partial charge in [-0.1, -0.05) is 31.4 Å². The fourth-order valence-corrected chi connectivity index (χ4v) is 3.80. The first-order chi connectivity index (χ1) is 9.51. The number of allylic oxidation sites excluding steroid dienone is 2. The number of hydrogen-bond acceptors (Lipinski definition) is 1. The summed E-state index contributed by atoms with van der Waals surface area (Å²) in [5, 5.41) is 0. The molecule has 3 rings (SSSR count). The Bertz CT molecular complexity index is 544. The first kappa shape index (κ1) is 17.4. The van der Waals surface area contributed by atoms with Crippen molar-refractivity contribution < 1.29 is 42.5 Å². The van der Waals surface area contributed by atoms with Gasteiger partial charge in [0.25, 0.3) is 0 Å². The Morgan fingerprint density at radius 2 is 2.14 bits per heavy atom. The van der Waals surface area contributed by atoms with Crippen LogP contribution in [0.3, 0.4) is 0 Å². The summed E-state index contributed by atoms with van der Waals surface area (Å²) in [6.07, 6.45) is 7.16. The van der Waals surface area contributed by atoms with E-state index in [-0.39, 0.29) is 43.3 Å². The summed E-state index contributed by atoms with van der Waals surface area (Å²) in [7, 11) is 0. The molecular formula is C19H25HoO-. The molecule has 21 heavy (non-hydrogen) atoms. The van der Waals surface area contributed by atoms with Crippen LogP contribution in [-0.2, 0) is 6.42 Å². The summed E-state index contributed by atoms with van der Waals surface area (Å²) in [5.74, 6) is 2.12. The summed E-state index contributed by atoms with van der Waals surface area (Å²) >= 11 is 0. The maximum atomic E-state index is 6.35. The molecule has 1 aromatic carbocycles. The molecule has 1 nitrogen and oxygen atoms in total. The quantitative estimate of drug-likeness (QED) is 0.360. The van der Waals surface area contributed by atoms with E-state index in [0.29, 0.717) is 11.8 Å². The van der Waals surface area contributed by atoms with Crippen molar-refractivity contribution in [2.45, 2.75) is 64.9 Å². The van der Waals surface area contributed by atoms with E-state index in [9.17, 15) is 0 Å².